The van der Waals surface area contributed by atoms with Gasteiger partial charge in [-0.1, -0.05) is 13.0 Å². The molecular weight excluding hydrogens is 546 g/mol. The van der Waals surface area contributed by atoms with Crippen molar-refractivity contribution in [2.24, 2.45) is 5.92 Å². The number of hydrogen-bond donors (Lipinski definition) is 2. The number of nitrogens with one attached hydrogen (secondary N) is 2. The molecule has 0 bridgehead atoms. The largest absolute Gasteiger partial charge is 0.353 e. The van der Waals surface area contributed by atoms with E-state index < -0.39 is 0 Å². The predicted octanol–water partition coefficient (Wildman–Crippen LogP) is 6.94. The van der Waals surface area contributed by atoms with Gasteiger partial charge >= 0.3 is 0 Å². The molecule has 3 aliphatic rings. The van der Waals surface area contributed by atoms with Crippen LogP contribution in [-0.4, -0.2) is 42.7 Å². The Labute approximate surface area is 256 Å². The number of benzene rings is 1. The highest BCUT2D eigenvalue weighted by Gasteiger charge is 2.30. The highest BCUT2D eigenvalue weighted by molar-refractivity contribution is 5.86. The van der Waals surface area contributed by atoms with Crippen molar-refractivity contribution < 1.29 is 0 Å². The molecule has 5 aromatic rings. The maximum atomic E-state index is 14.2. The van der Waals surface area contributed by atoms with Crippen LogP contribution >= 0.6 is 0 Å². The van der Waals surface area contributed by atoms with Gasteiger partial charge in [0.15, 0.2) is 0 Å². The molecule has 1 aliphatic heterocycles. The normalized spacial score (nSPS) is 19.0. The first-order valence-corrected chi connectivity index (χ1v) is 16.0. The summed E-state index contributed by atoms with van der Waals surface area (Å²) in [6, 6.07) is 14.5. The van der Waals surface area contributed by atoms with Gasteiger partial charge in [-0.3, -0.25) is 19.4 Å². The molecule has 4 aromatic heterocycles. The maximum Gasteiger partial charge on any atom is 0.280 e. The second kappa shape index (κ2) is 10.6. The molecule has 0 radical (unpaired) electrons. The highest BCUT2D eigenvalue weighted by Crippen LogP contribution is 2.44. The van der Waals surface area contributed by atoms with E-state index in [1.54, 1.807) is 10.8 Å². The van der Waals surface area contributed by atoms with Crippen LogP contribution in [0.3, 0.4) is 0 Å². The van der Waals surface area contributed by atoms with Crippen molar-refractivity contribution >= 4 is 10.9 Å². The van der Waals surface area contributed by atoms with E-state index >= 15 is 0 Å². The highest BCUT2D eigenvalue weighted by atomic mass is 16.1. The summed E-state index contributed by atoms with van der Waals surface area (Å²) in [6.07, 6.45) is 10.9. The lowest BCUT2D eigenvalue weighted by atomic mass is 9.94. The summed E-state index contributed by atoms with van der Waals surface area (Å²) in [5.41, 5.74) is 9.36. The van der Waals surface area contributed by atoms with Crippen molar-refractivity contribution in [1.29, 1.82) is 5.26 Å². The van der Waals surface area contributed by atoms with Gasteiger partial charge < -0.3 is 4.98 Å². The van der Waals surface area contributed by atoms with E-state index in [4.69, 9.17) is 4.98 Å². The minimum Gasteiger partial charge on any atom is -0.353 e. The van der Waals surface area contributed by atoms with Crippen LogP contribution in [0.5, 0.6) is 0 Å². The molecule has 1 aromatic carbocycles. The number of nitrogens with zero attached hydrogens (tertiary/aromatic N) is 5. The SMILES string of the molecule is Cc1cn[nH]c1-c1cc(C#N)ccc1-c1cc(C2CC2)nc(-n2cc(C3CC3)c3cc(CN4CCC[C@H](C)C4)[nH]c3c2=O)c1. The summed E-state index contributed by atoms with van der Waals surface area (Å²) in [5.74, 6) is 2.23. The fourth-order valence-electron chi connectivity index (χ4n) is 7.04. The number of fused-ring (bicyclic) bond motifs is 1. The Balaban J connectivity index is 1.27. The Morgan fingerprint density at radius 3 is 2.61 bits per heavy atom. The van der Waals surface area contributed by atoms with Gasteiger partial charge in [-0.25, -0.2) is 4.98 Å². The van der Waals surface area contributed by atoms with Gasteiger partial charge in [0, 0.05) is 47.5 Å². The van der Waals surface area contributed by atoms with Gasteiger partial charge in [-0.2, -0.15) is 10.4 Å². The number of hydrogen-bond acceptors (Lipinski definition) is 5. The molecule has 0 spiro atoms. The summed E-state index contributed by atoms with van der Waals surface area (Å²) < 4.78 is 1.78. The van der Waals surface area contributed by atoms with Crippen LogP contribution < -0.4 is 5.56 Å². The molecule has 44 heavy (non-hydrogen) atoms. The third-order valence-electron chi connectivity index (χ3n) is 9.67. The zero-order valence-corrected chi connectivity index (χ0v) is 25.4. The number of pyridine rings is 2. The van der Waals surface area contributed by atoms with Crippen molar-refractivity contribution in [2.45, 2.75) is 70.8 Å². The Hall–Kier alpha value is -4.48. The first-order valence-electron chi connectivity index (χ1n) is 16.0. The van der Waals surface area contributed by atoms with Crippen molar-refractivity contribution in [3.05, 3.63) is 87.2 Å². The molecule has 2 N–H and O–H groups in total. The van der Waals surface area contributed by atoms with Gasteiger partial charge in [0.25, 0.3) is 5.56 Å². The molecule has 8 rings (SSSR count). The number of piperidine rings is 1. The van der Waals surface area contributed by atoms with Crippen LogP contribution in [-0.2, 0) is 6.54 Å². The Kier molecular flexibility index (Phi) is 6.53. The van der Waals surface area contributed by atoms with Crippen LogP contribution in [0, 0.1) is 24.2 Å². The predicted molar refractivity (Wildman–Crippen MR) is 172 cm³/mol. The monoisotopic (exact) mass is 583 g/mol. The van der Waals surface area contributed by atoms with Gasteiger partial charge in [-0.15, -0.1) is 0 Å². The molecule has 3 fully saturated rings. The minimum atomic E-state index is -0.0569. The second-order valence-corrected chi connectivity index (χ2v) is 13.3. The van der Waals surface area contributed by atoms with Crippen molar-refractivity contribution in [1.82, 2.24) is 29.6 Å². The van der Waals surface area contributed by atoms with Crippen LogP contribution in [0.2, 0.25) is 0 Å². The van der Waals surface area contributed by atoms with E-state index in [9.17, 15) is 10.1 Å². The number of nitriles is 1. The van der Waals surface area contributed by atoms with Gasteiger partial charge in [0.2, 0.25) is 0 Å². The Bertz CT molecular complexity index is 2000. The van der Waals surface area contributed by atoms with Gasteiger partial charge in [-0.05, 0) is 116 Å². The lowest BCUT2D eigenvalue weighted by Gasteiger charge is -2.30. The first-order chi connectivity index (χ1) is 21.4. The summed E-state index contributed by atoms with van der Waals surface area (Å²) in [5, 5.41) is 18.1. The quantitative estimate of drug-likeness (QED) is 0.216. The summed E-state index contributed by atoms with van der Waals surface area (Å²) in [4.78, 5) is 25.4. The molecule has 8 nitrogen and oxygen atoms in total. The standard InChI is InChI=1S/C36H37N7O/c1-21-4-3-11-42(18-21)19-27-15-30-31(24-6-7-24)20-43(36(44)35(30)39-27)33-14-26(13-32(40-33)25-8-9-25)28-10-5-23(16-37)12-29(28)34-22(2)17-38-41-34/h5,10,12-15,17,20-21,24-25,39H,3-4,6-9,11,18-19H2,1-2H3,(H,38,41)/t21-/m0/s1. The van der Waals surface area contributed by atoms with E-state index in [-0.39, 0.29) is 5.56 Å². The summed E-state index contributed by atoms with van der Waals surface area (Å²) >= 11 is 0. The fraction of sp³-hybridized carbons (Fsp3) is 0.389. The lowest BCUT2D eigenvalue weighted by Crippen LogP contribution is -2.33. The summed E-state index contributed by atoms with van der Waals surface area (Å²) in [6.45, 7) is 7.40. The molecule has 2 saturated carbocycles. The number of aryl methyl sites for hydroxylation is 1. The maximum absolute atomic E-state index is 14.2. The topological polar surface area (TPSA) is 106 Å². The van der Waals surface area contributed by atoms with E-state index in [0.717, 1.165) is 90.0 Å². The minimum absolute atomic E-state index is 0.0569. The van der Waals surface area contributed by atoms with Gasteiger partial charge in [0.1, 0.15) is 11.3 Å². The number of aromatic nitrogens is 5. The first kappa shape index (κ1) is 27.1. The van der Waals surface area contributed by atoms with E-state index in [1.165, 1.54) is 18.4 Å². The average molecular weight is 584 g/mol. The van der Waals surface area contributed by atoms with Crippen LogP contribution in [0.25, 0.3) is 39.1 Å². The average Bonchev–Trinajstić information content (AvgIpc) is 3.96. The van der Waals surface area contributed by atoms with Crippen LogP contribution in [0.15, 0.2) is 53.6 Å². The van der Waals surface area contributed by atoms with Crippen molar-refractivity contribution in [3.63, 3.8) is 0 Å². The Morgan fingerprint density at radius 1 is 1.05 bits per heavy atom. The van der Waals surface area contributed by atoms with Crippen LogP contribution in [0.1, 0.15) is 85.4 Å². The zero-order valence-electron chi connectivity index (χ0n) is 25.4. The van der Waals surface area contributed by atoms with E-state index in [1.807, 2.05) is 31.2 Å². The Morgan fingerprint density at radius 2 is 1.89 bits per heavy atom. The third-order valence-corrected chi connectivity index (χ3v) is 9.67. The molecule has 0 unspecified atom stereocenters. The molecule has 1 atom stereocenters. The molecule has 222 valence electrons. The molecule has 1 saturated heterocycles. The fourth-order valence-corrected chi connectivity index (χ4v) is 7.04. The smallest absolute Gasteiger partial charge is 0.280 e. The van der Waals surface area contributed by atoms with Gasteiger partial charge in [0.05, 0.1) is 23.5 Å². The number of likely N-dealkylation sites (tertiary alicyclic amines) is 1. The molecule has 5 heterocycles. The van der Waals surface area contributed by atoms with E-state index in [0.29, 0.717) is 34.7 Å². The zero-order chi connectivity index (χ0) is 29.9. The lowest BCUT2D eigenvalue weighted by molar-refractivity contribution is 0.175. The number of aromatic amines is 2. The van der Waals surface area contributed by atoms with E-state index in [2.05, 4.69) is 51.4 Å². The molecule has 0 amide bonds. The third kappa shape index (κ3) is 4.95. The second-order valence-electron chi connectivity index (χ2n) is 13.3. The van der Waals surface area contributed by atoms with Crippen molar-refractivity contribution in [3.8, 4) is 34.3 Å². The molecule has 8 heteroatoms. The number of rotatable bonds is 7. The summed E-state index contributed by atoms with van der Waals surface area (Å²) in [7, 11) is 0. The van der Waals surface area contributed by atoms with Crippen LogP contribution in [0.4, 0.5) is 0 Å². The molecular formula is C36H37N7O. The molecule has 2 aliphatic carbocycles. The number of H-pyrrole nitrogens is 2. The van der Waals surface area contributed by atoms with Crippen molar-refractivity contribution in [2.75, 3.05) is 13.1 Å².